The average molecular weight is 159 g/mol. The quantitative estimate of drug-likeness (QED) is 0.648. The van der Waals surface area contributed by atoms with Gasteiger partial charge >= 0.3 is 0 Å². The summed E-state index contributed by atoms with van der Waals surface area (Å²) >= 11 is 0. The van der Waals surface area contributed by atoms with Crippen LogP contribution in [0, 0.1) is 0 Å². The first-order chi connectivity index (χ1) is 5.29. The summed E-state index contributed by atoms with van der Waals surface area (Å²) in [5.41, 5.74) is 0. The fraction of sp³-hybridized carbons (Fsp3) is 1.00. The molecule has 1 aliphatic rings. The largest absolute Gasteiger partial charge is 0.395 e. The molecule has 11 heavy (non-hydrogen) atoms. The van der Waals surface area contributed by atoms with Crippen LogP contribution in [0.5, 0.6) is 0 Å². The molecule has 1 fully saturated rings. The number of β-amino-alcohol motifs (C(OH)–C–C–N with tert-alkyl or cyclic N) is 1. The molecule has 1 heterocycles. The van der Waals surface area contributed by atoms with Crippen molar-refractivity contribution in [2.24, 2.45) is 0 Å². The Morgan fingerprint density at radius 3 is 2.91 bits per heavy atom. The molecule has 1 saturated heterocycles. The second kappa shape index (κ2) is 4.04. The lowest BCUT2D eigenvalue weighted by molar-refractivity contribution is 0.0207. The topological polar surface area (TPSA) is 32.7 Å². The third-order valence-corrected chi connectivity index (χ3v) is 2.17. The van der Waals surface area contributed by atoms with Crippen LogP contribution in [-0.4, -0.2) is 42.0 Å². The summed E-state index contributed by atoms with van der Waals surface area (Å²) in [5, 5.41) is 8.76. The van der Waals surface area contributed by atoms with Gasteiger partial charge in [0.05, 0.1) is 13.2 Å². The highest BCUT2D eigenvalue weighted by molar-refractivity contribution is 4.75. The zero-order chi connectivity index (χ0) is 8.27. The lowest BCUT2D eigenvalue weighted by Crippen LogP contribution is -2.37. The van der Waals surface area contributed by atoms with Crippen molar-refractivity contribution in [3.63, 3.8) is 0 Å². The molecule has 0 aliphatic carbocycles. The number of ether oxygens (including phenoxy) is 1. The zero-order valence-corrected chi connectivity index (χ0v) is 7.29. The third-order valence-electron chi connectivity index (χ3n) is 2.17. The Morgan fingerprint density at radius 1 is 1.64 bits per heavy atom. The van der Waals surface area contributed by atoms with Gasteiger partial charge in [0.15, 0.2) is 0 Å². The van der Waals surface area contributed by atoms with E-state index < -0.39 is 0 Å². The highest BCUT2D eigenvalue weighted by atomic mass is 16.5. The Morgan fingerprint density at radius 2 is 2.36 bits per heavy atom. The van der Waals surface area contributed by atoms with Crippen LogP contribution in [0.3, 0.4) is 0 Å². The first kappa shape index (κ1) is 8.97. The molecule has 0 aromatic rings. The molecule has 2 unspecified atom stereocenters. The van der Waals surface area contributed by atoms with Crippen LogP contribution in [0.4, 0.5) is 0 Å². The van der Waals surface area contributed by atoms with Crippen molar-refractivity contribution in [3.8, 4) is 0 Å². The van der Waals surface area contributed by atoms with E-state index in [1.807, 2.05) is 0 Å². The minimum Gasteiger partial charge on any atom is -0.395 e. The second-order valence-electron chi connectivity index (χ2n) is 3.01. The van der Waals surface area contributed by atoms with Gasteiger partial charge < -0.3 is 9.84 Å². The average Bonchev–Trinajstić information content (AvgIpc) is 2.34. The van der Waals surface area contributed by atoms with E-state index in [2.05, 4.69) is 18.7 Å². The maximum absolute atomic E-state index is 8.76. The molecule has 3 heteroatoms. The first-order valence-corrected chi connectivity index (χ1v) is 4.27. The maximum Gasteiger partial charge on any atom is 0.110 e. The Kier molecular flexibility index (Phi) is 3.30. The SMILES string of the molecule is CCC1OCC(C)N1CCO. The van der Waals surface area contributed by atoms with Crippen molar-refractivity contribution >= 4 is 0 Å². The molecule has 0 aromatic heterocycles. The fourth-order valence-corrected chi connectivity index (χ4v) is 1.56. The van der Waals surface area contributed by atoms with E-state index in [1.165, 1.54) is 0 Å². The van der Waals surface area contributed by atoms with Crippen LogP contribution in [0.1, 0.15) is 20.3 Å². The van der Waals surface area contributed by atoms with Crippen molar-refractivity contribution in [3.05, 3.63) is 0 Å². The lowest BCUT2D eigenvalue weighted by atomic mass is 10.3. The van der Waals surface area contributed by atoms with Gasteiger partial charge in [-0.15, -0.1) is 0 Å². The zero-order valence-electron chi connectivity index (χ0n) is 7.29. The van der Waals surface area contributed by atoms with E-state index in [0.717, 1.165) is 19.6 Å². The summed E-state index contributed by atoms with van der Waals surface area (Å²) in [6.07, 6.45) is 1.24. The molecule has 1 rings (SSSR count). The molecule has 0 spiro atoms. The number of rotatable bonds is 3. The lowest BCUT2D eigenvalue weighted by Gasteiger charge is -2.23. The number of hydrogen-bond acceptors (Lipinski definition) is 3. The van der Waals surface area contributed by atoms with Gasteiger partial charge in [0, 0.05) is 12.6 Å². The highest BCUT2D eigenvalue weighted by Crippen LogP contribution is 2.17. The van der Waals surface area contributed by atoms with E-state index in [9.17, 15) is 0 Å². The van der Waals surface area contributed by atoms with E-state index in [4.69, 9.17) is 9.84 Å². The third kappa shape index (κ3) is 1.92. The maximum atomic E-state index is 8.76. The van der Waals surface area contributed by atoms with Crippen molar-refractivity contribution in [2.75, 3.05) is 19.8 Å². The summed E-state index contributed by atoms with van der Waals surface area (Å²) < 4.78 is 5.49. The molecule has 0 bridgehead atoms. The molecule has 1 N–H and O–H groups in total. The molecular formula is C8H17NO2. The molecule has 0 radical (unpaired) electrons. The van der Waals surface area contributed by atoms with Crippen molar-refractivity contribution in [1.29, 1.82) is 0 Å². The molecule has 0 amide bonds. The normalized spacial score (nSPS) is 33.0. The van der Waals surface area contributed by atoms with Gasteiger partial charge in [-0.05, 0) is 13.3 Å². The van der Waals surface area contributed by atoms with E-state index in [0.29, 0.717) is 6.04 Å². The van der Waals surface area contributed by atoms with Gasteiger partial charge in [-0.2, -0.15) is 0 Å². The standard InChI is InChI=1S/C8H17NO2/c1-3-8-9(4-5-10)7(2)6-11-8/h7-8,10H,3-6H2,1-2H3. The minimum absolute atomic E-state index is 0.226. The summed E-state index contributed by atoms with van der Waals surface area (Å²) in [4.78, 5) is 2.21. The van der Waals surface area contributed by atoms with Gasteiger partial charge in [-0.1, -0.05) is 6.92 Å². The van der Waals surface area contributed by atoms with Crippen molar-refractivity contribution in [1.82, 2.24) is 4.90 Å². The van der Waals surface area contributed by atoms with Gasteiger partial charge in [0.25, 0.3) is 0 Å². The molecule has 0 aromatic carbocycles. The molecular weight excluding hydrogens is 142 g/mol. The molecule has 2 atom stereocenters. The Balaban J connectivity index is 2.42. The second-order valence-corrected chi connectivity index (χ2v) is 3.01. The van der Waals surface area contributed by atoms with E-state index in [-0.39, 0.29) is 12.8 Å². The molecule has 1 aliphatic heterocycles. The number of hydrogen-bond donors (Lipinski definition) is 1. The van der Waals surface area contributed by atoms with Gasteiger partial charge in [-0.3, -0.25) is 4.90 Å². The van der Waals surface area contributed by atoms with Crippen LogP contribution >= 0.6 is 0 Å². The number of aliphatic hydroxyl groups excluding tert-OH is 1. The molecule has 0 saturated carbocycles. The van der Waals surface area contributed by atoms with Crippen LogP contribution in [0.25, 0.3) is 0 Å². The summed E-state index contributed by atoms with van der Waals surface area (Å²) in [5.74, 6) is 0. The van der Waals surface area contributed by atoms with Crippen LogP contribution in [0.15, 0.2) is 0 Å². The van der Waals surface area contributed by atoms with Crippen LogP contribution in [0.2, 0.25) is 0 Å². The molecule has 3 nitrogen and oxygen atoms in total. The Labute approximate surface area is 68.0 Å². The summed E-state index contributed by atoms with van der Waals surface area (Å²) in [7, 11) is 0. The van der Waals surface area contributed by atoms with Crippen LogP contribution < -0.4 is 0 Å². The monoisotopic (exact) mass is 159 g/mol. The minimum atomic E-state index is 0.226. The smallest absolute Gasteiger partial charge is 0.110 e. The fourth-order valence-electron chi connectivity index (χ4n) is 1.56. The Bertz CT molecular complexity index is 119. The Hall–Kier alpha value is -0.120. The number of nitrogens with zero attached hydrogens (tertiary/aromatic N) is 1. The molecule has 66 valence electrons. The van der Waals surface area contributed by atoms with Crippen molar-refractivity contribution < 1.29 is 9.84 Å². The summed E-state index contributed by atoms with van der Waals surface area (Å²) in [6.45, 7) is 6.00. The predicted molar refractivity (Wildman–Crippen MR) is 43.3 cm³/mol. The van der Waals surface area contributed by atoms with Gasteiger partial charge in [-0.25, -0.2) is 0 Å². The first-order valence-electron chi connectivity index (χ1n) is 4.27. The van der Waals surface area contributed by atoms with Crippen molar-refractivity contribution in [2.45, 2.75) is 32.5 Å². The summed E-state index contributed by atoms with van der Waals surface area (Å²) in [6, 6.07) is 0.465. The van der Waals surface area contributed by atoms with E-state index in [1.54, 1.807) is 0 Å². The predicted octanol–water partition coefficient (Wildman–Crippen LogP) is 0.435. The van der Waals surface area contributed by atoms with Gasteiger partial charge in [0.2, 0.25) is 0 Å². The van der Waals surface area contributed by atoms with Gasteiger partial charge in [0.1, 0.15) is 6.23 Å². The van der Waals surface area contributed by atoms with E-state index >= 15 is 0 Å². The van der Waals surface area contributed by atoms with Crippen LogP contribution in [-0.2, 0) is 4.74 Å². The highest BCUT2D eigenvalue weighted by Gasteiger charge is 2.28. The number of aliphatic hydroxyl groups is 1.